The van der Waals surface area contributed by atoms with Crippen LogP contribution in [0.4, 0.5) is 17.1 Å². The third-order valence-corrected chi connectivity index (χ3v) is 7.91. The number of rotatable bonds is 5. The van der Waals surface area contributed by atoms with Crippen molar-refractivity contribution >= 4 is 49.8 Å². The molecule has 8 rings (SSSR count). The topological polar surface area (TPSA) is 13.1 Å². The number of fused-ring (bicyclic) bond motifs is 5. The third kappa shape index (κ3) is 3.82. The number of anilines is 3. The smallest absolute Gasteiger partial charge is 0.0788 e. The van der Waals surface area contributed by atoms with Crippen LogP contribution in [0, 0.1) is 0 Å². The molecule has 0 fully saturated rings. The number of hydrogen-bond donors (Lipinski definition) is 0. The number of para-hydroxylation sites is 4. The Morgan fingerprint density at radius 3 is 1.66 bits per heavy atom. The monoisotopic (exact) mass is 525 g/mol. The predicted octanol–water partition coefficient (Wildman–Crippen LogP) is 10.2. The molecule has 0 spiro atoms. The molecule has 0 radical (unpaired) electrons. The second-order valence-corrected chi connectivity index (χ2v) is 10.3. The van der Waals surface area contributed by atoms with Gasteiger partial charge in [0.1, 0.15) is 0 Å². The maximum absolute atomic E-state index is 2.42. The van der Waals surface area contributed by atoms with E-state index in [1.807, 2.05) is 0 Å². The van der Waals surface area contributed by atoms with Crippen molar-refractivity contribution in [3.05, 3.63) is 164 Å². The highest BCUT2D eigenvalue weighted by Gasteiger charge is 2.18. The molecule has 41 heavy (non-hydrogen) atoms. The van der Waals surface area contributed by atoms with E-state index in [4.69, 9.17) is 0 Å². The number of nitrogens with zero attached hydrogens (tertiary/aromatic N) is 3. The van der Waals surface area contributed by atoms with Gasteiger partial charge >= 0.3 is 0 Å². The summed E-state index contributed by atoms with van der Waals surface area (Å²) in [5.41, 5.74) is 9.29. The minimum Gasteiger partial charge on any atom is -0.315 e. The van der Waals surface area contributed by atoms with Gasteiger partial charge in [-0.3, -0.25) is 0 Å². The highest BCUT2D eigenvalue weighted by Crippen LogP contribution is 2.39. The minimum absolute atomic E-state index is 1.12. The Morgan fingerprint density at radius 1 is 0.390 bits per heavy atom. The lowest BCUT2D eigenvalue weighted by atomic mass is 10.1. The molecule has 2 aromatic heterocycles. The fourth-order valence-electron chi connectivity index (χ4n) is 6.10. The number of benzene rings is 6. The zero-order valence-electron chi connectivity index (χ0n) is 22.4. The molecule has 0 aliphatic rings. The van der Waals surface area contributed by atoms with Gasteiger partial charge in [0.15, 0.2) is 0 Å². The van der Waals surface area contributed by atoms with Crippen molar-refractivity contribution < 1.29 is 0 Å². The normalized spacial score (nSPS) is 11.4. The van der Waals surface area contributed by atoms with Gasteiger partial charge in [-0.05, 0) is 72.8 Å². The van der Waals surface area contributed by atoms with E-state index in [2.05, 4.69) is 178 Å². The molecule has 2 heterocycles. The van der Waals surface area contributed by atoms with Crippen LogP contribution in [0.15, 0.2) is 164 Å². The van der Waals surface area contributed by atoms with Gasteiger partial charge in [0.2, 0.25) is 0 Å². The molecule has 0 saturated carbocycles. The van der Waals surface area contributed by atoms with Crippen molar-refractivity contribution in [1.82, 2.24) is 9.13 Å². The van der Waals surface area contributed by atoms with Crippen molar-refractivity contribution in [2.75, 3.05) is 4.90 Å². The highest BCUT2D eigenvalue weighted by atomic mass is 15.1. The molecule has 0 amide bonds. The van der Waals surface area contributed by atoms with Crippen LogP contribution in [0.1, 0.15) is 0 Å². The van der Waals surface area contributed by atoms with Crippen LogP contribution in [-0.4, -0.2) is 9.13 Å². The molecule has 6 aromatic carbocycles. The van der Waals surface area contributed by atoms with E-state index >= 15 is 0 Å². The van der Waals surface area contributed by atoms with Gasteiger partial charge < -0.3 is 14.0 Å². The Hall–Kier alpha value is -5.54. The molecule has 0 bridgehead atoms. The van der Waals surface area contributed by atoms with E-state index in [1.54, 1.807) is 0 Å². The van der Waals surface area contributed by atoms with Gasteiger partial charge in [-0.2, -0.15) is 0 Å². The maximum atomic E-state index is 2.42. The van der Waals surface area contributed by atoms with Crippen LogP contribution in [0.25, 0.3) is 44.1 Å². The second-order valence-electron chi connectivity index (χ2n) is 10.3. The van der Waals surface area contributed by atoms with E-state index in [-0.39, 0.29) is 0 Å². The van der Waals surface area contributed by atoms with Crippen molar-refractivity contribution in [3.63, 3.8) is 0 Å². The molecular formula is C38H27N3. The van der Waals surface area contributed by atoms with E-state index in [9.17, 15) is 0 Å². The fourth-order valence-corrected chi connectivity index (χ4v) is 6.10. The Balaban J connectivity index is 1.36. The summed E-state index contributed by atoms with van der Waals surface area (Å²) >= 11 is 0. The van der Waals surface area contributed by atoms with Crippen molar-refractivity contribution in [2.24, 2.45) is 0 Å². The molecule has 0 aliphatic carbocycles. The van der Waals surface area contributed by atoms with Gasteiger partial charge in [0, 0.05) is 50.8 Å². The summed E-state index contributed by atoms with van der Waals surface area (Å²) in [6.45, 7) is 0. The van der Waals surface area contributed by atoms with Gasteiger partial charge in [0.25, 0.3) is 0 Å². The Kier molecular flexibility index (Phi) is 5.46. The Bertz CT molecular complexity index is 2080. The SMILES string of the molecule is c1ccc(N(c2ccccc2)c2ccc(-n3c4ccccc4c4ccc5ccn(-c6ccccc6)c5c43)cc2)cc1. The molecule has 0 atom stereocenters. The van der Waals surface area contributed by atoms with Crippen LogP contribution < -0.4 is 4.90 Å². The van der Waals surface area contributed by atoms with Crippen LogP contribution in [-0.2, 0) is 0 Å². The largest absolute Gasteiger partial charge is 0.315 e. The van der Waals surface area contributed by atoms with E-state index < -0.39 is 0 Å². The van der Waals surface area contributed by atoms with E-state index in [0.29, 0.717) is 0 Å². The molecule has 0 saturated heterocycles. The minimum atomic E-state index is 1.12. The van der Waals surface area contributed by atoms with Crippen molar-refractivity contribution in [1.29, 1.82) is 0 Å². The van der Waals surface area contributed by atoms with Gasteiger partial charge in [-0.15, -0.1) is 0 Å². The van der Waals surface area contributed by atoms with Crippen LogP contribution in [0.5, 0.6) is 0 Å². The summed E-state index contributed by atoms with van der Waals surface area (Å²) in [7, 11) is 0. The first-order valence-corrected chi connectivity index (χ1v) is 14.0. The highest BCUT2D eigenvalue weighted by molar-refractivity contribution is 6.18. The quantitative estimate of drug-likeness (QED) is 0.218. The predicted molar refractivity (Wildman–Crippen MR) is 172 cm³/mol. The average Bonchev–Trinajstić information content (AvgIpc) is 3.63. The summed E-state index contributed by atoms with van der Waals surface area (Å²) in [6, 6.07) is 56.1. The van der Waals surface area contributed by atoms with Gasteiger partial charge in [-0.25, -0.2) is 0 Å². The molecule has 0 unspecified atom stereocenters. The zero-order chi connectivity index (χ0) is 27.2. The summed E-state index contributed by atoms with van der Waals surface area (Å²) in [5, 5.41) is 3.73. The Morgan fingerprint density at radius 2 is 0.976 bits per heavy atom. The fraction of sp³-hybridized carbons (Fsp3) is 0. The van der Waals surface area contributed by atoms with Gasteiger partial charge in [0.05, 0.1) is 16.6 Å². The lowest BCUT2D eigenvalue weighted by molar-refractivity contribution is 1.11. The van der Waals surface area contributed by atoms with E-state index in [1.165, 1.54) is 32.7 Å². The first-order chi connectivity index (χ1) is 20.4. The number of hydrogen-bond acceptors (Lipinski definition) is 1. The van der Waals surface area contributed by atoms with Gasteiger partial charge in [-0.1, -0.05) is 84.9 Å². The molecule has 8 aromatic rings. The lowest BCUT2D eigenvalue weighted by Crippen LogP contribution is -2.09. The molecule has 3 nitrogen and oxygen atoms in total. The summed E-state index contributed by atoms with van der Waals surface area (Å²) in [4.78, 5) is 2.30. The lowest BCUT2D eigenvalue weighted by Gasteiger charge is -2.25. The molecule has 0 aliphatic heterocycles. The first-order valence-electron chi connectivity index (χ1n) is 14.0. The summed E-state index contributed by atoms with van der Waals surface area (Å²) in [5.74, 6) is 0. The van der Waals surface area contributed by atoms with Crippen molar-refractivity contribution in [3.8, 4) is 11.4 Å². The average molecular weight is 526 g/mol. The third-order valence-electron chi connectivity index (χ3n) is 7.91. The summed E-state index contributed by atoms with van der Waals surface area (Å²) < 4.78 is 4.74. The maximum Gasteiger partial charge on any atom is 0.0788 e. The molecule has 3 heteroatoms. The molecular weight excluding hydrogens is 498 g/mol. The molecule has 194 valence electrons. The van der Waals surface area contributed by atoms with Crippen LogP contribution >= 0.6 is 0 Å². The summed E-state index contributed by atoms with van der Waals surface area (Å²) in [6.07, 6.45) is 2.18. The Labute approximate surface area is 238 Å². The van der Waals surface area contributed by atoms with Crippen LogP contribution in [0.2, 0.25) is 0 Å². The zero-order valence-corrected chi connectivity index (χ0v) is 22.4. The first kappa shape index (κ1) is 23.4. The van der Waals surface area contributed by atoms with Crippen LogP contribution in [0.3, 0.4) is 0 Å². The van der Waals surface area contributed by atoms with Crippen molar-refractivity contribution in [2.45, 2.75) is 0 Å². The standard InChI is InChI=1S/C38H27N3/c1-4-12-29(13-5-1)39-27-26-28-20-25-35-34-18-10-11-19-36(34)41(38(35)37(28)39)33-23-21-32(22-24-33)40(30-14-6-2-7-15-30)31-16-8-3-9-17-31/h1-27H. The van der Waals surface area contributed by atoms with E-state index in [0.717, 1.165) is 28.4 Å². The molecule has 0 N–H and O–H groups in total. The number of aromatic nitrogens is 2. The second kappa shape index (κ2) is 9.58.